The third-order valence-corrected chi connectivity index (χ3v) is 3.27. The number of nitro benzene ring substituents is 1. The second-order valence-corrected chi connectivity index (χ2v) is 5.91. The standard InChI is InChI=1S/C16H15NO4/c1-16(2,3)13-8-11(9-14(18)15(13)19)10-4-6-12(7-5-10)17(20)21/h4-9H,1-3H3. The van der Waals surface area contributed by atoms with Gasteiger partial charge in [-0.25, -0.2) is 0 Å². The van der Waals surface area contributed by atoms with Crippen LogP contribution in [-0.4, -0.2) is 16.5 Å². The summed E-state index contributed by atoms with van der Waals surface area (Å²) >= 11 is 0. The molecule has 1 aromatic rings. The van der Waals surface area contributed by atoms with Gasteiger partial charge in [0.15, 0.2) is 0 Å². The number of Topliss-reactive ketones (excluding diaryl/α,β-unsaturated/α-hetero) is 1. The first kappa shape index (κ1) is 14.8. The van der Waals surface area contributed by atoms with Crippen LogP contribution in [0.4, 0.5) is 5.69 Å². The van der Waals surface area contributed by atoms with E-state index < -0.39 is 21.9 Å². The van der Waals surface area contributed by atoms with E-state index in [4.69, 9.17) is 0 Å². The molecule has 0 atom stereocenters. The molecule has 2 rings (SSSR count). The molecule has 0 spiro atoms. The Morgan fingerprint density at radius 2 is 1.57 bits per heavy atom. The minimum atomic E-state index is -0.559. The Morgan fingerprint density at radius 1 is 1.00 bits per heavy atom. The maximum absolute atomic E-state index is 11.9. The van der Waals surface area contributed by atoms with E-state index in [-0.39, 0.29) is 5.69 Å². The van der Waals surface area contributed by atoms with E-state index >= 15 is 0 Å². The lowest BCUT2D eigenvalue weighted by Crippen LogP contribution is -2.26. The molecule has 1 aliphatic rings. The summed E-state index contributed by atoms with van der Waals surface area (Å²) in [5.41, 5.74) is 1.26. The molecule has 5 nitrogen and oxygen atoms in total. The van der Waals surface area contributed by atoms with Crippen LogP contribution < -0.4 is 0 Å². The quantitative estimate of drug-likeness (QED) is 0.362. The Kier molecular flexibility index (Phi) is 3.60. The number of non-ortho nitro benzene ring substituents is 1. The van der Waals surface area contributed by atoms with E-state index in [1.807, 2.05) is 20.8 Å². The van der Waals surface area contributed by atoms with Gasteiger partial charge in [-0.15, -0.1) is 0 Å². The van der Waals surface area contributed by atoms with Crippen molar-refractivity contribution in [1.82, 2.24) is 0 Å². The molecule has 1 aromatic carbocycles. The average molecular weight is 285 g/mol. The highest BCUT2D eigenvalue weighted by atomic mass is 16.6. The van der Waals surface area contributed by atoms with E-state index in [2.05, 4.69) is 0 Å². The van der Waals surface area contributed by atoms with Crippen molar-refractivity contribution in [2.24, 2.45) is 5.41 Å². The van der Waals surface area contributed by atoms with Crippen molar-refractivity contribution >= 4 is 22.8 Å². The van der Waals surface area contributed by atoms with Crippen LogP contribution in [-0.2, 0) is 9.59 Å². The van der Waals surface area contributed by atoms with Crippen LogP contribution in [0, 0.1) is 15.5 Å². The minimum absolute atomic E-state index is 0.0161. The Morgan fingerprint density at radius 3 is 2.05 bits per heavy atom. The molecule has 0 aliphatic heterocycles. The van der Waals surface area contributed by atoms with E-state index in [0.29, 0.717) is 16.7 Å². The normalized spacial score (nSPS) is 15.6. The van der Waals surface area contributed by atoms with Gasteiger partial charge < -0.3 is 0 Å². The average Bonchev–Trinajstić information content (AvgIpc) is 2.40. The second kappa shape index (κ2) is 5.09. The van der Waals surface area contributed by atoms with Crippen LogP contribution in [0.15, 0.2) is 42.0 Å². The fourth-order valence-electron chi connectivity index (χ4n) is 2.10. The van der Waals surface area contributed by atoms with Gasteiger partial charge >= 0.3 is 0 Å². The van der Waals surface area contributed by atoms with E-state index in [1.54, 1.807) is 18.2 Å². The molecule has 0 fully saturated rings. The summed E-state index contributed by atoms with van der Waals surface area (Å²) in [6.45, 7) is 5.59. The molecular weight excluding hydrogens is 270 g/mol. The zero-order chi connectivity index (χ0) is 15.8. The molecule has 0 amide bonds. The molecule has 0 N–H and O–H groups in total. The highest BCUT2D eigenvalue weighted by Gasteiger charge is 2.30. The van der Waals surface area contributed by atoms with E-state index in [9.17, 15) is 19.7 Å². The molecule has 108 valence electrons. The fraction of sp³-hybridized carbons (Fsp3) is 0.250. The van der Waals surface area contributed by atoms with Crippen molar-refractivity contribution in [3.63, 3.8) is 0 Å². The van der Waals surface area contributed by atoms with Crippen molar-refractivity contribution in [3.8, 4) is 0 Å². The van der Waals surface area contributed by atoms with Crippen molar-refractivity contribution < 1.29 is 14.5 Å². The molecule has 0 radical (unpaired) electrons. The van der Waals surface area contributed by atoms with Crippen molar-refractivity contribution in [2.75, 3.05) is 0 Å². The molecule has 0 bridgehead atoms. The number of ketones is 2. The SMILES string of the molecule is CC(C)(C)C1=CC(c2ccc([N+](=O)[O-])cc2)=CC(=O)C1=O. The van der Waals surface area contributed by atoms with Crippen LogP contribution in [0.5, 0.6) is 0 Å². The molecule has 0 unspecified atom stereocenters. The number of carbonyl (C=O) groups is 2. The first-order valence-electron chi connectivity index (χ1n) is 6.47. The minimum Gasteiger partial charge on any atom is -0.286 e. The van der Waals surface area contributed by atoms with Gasteiger partial charge in [0.1, 0.15) is 0 Å². The molecule has 21 heavy (non-hydrogen) atoms. The summed E-state index contributed by atoms with van der Waals surface area (Å²) in [6, 6.07) is 5.90. The zero-order valence-electron chi connectivity index (χ0n) is 12.0. The fourth-order valence-corrected chi connectivity index (χ4v) is 2.10. The lowest BCUT2D eigenvalue weighted by molar-refractivity contribution is -0.384. The summed E-state index contributed by atoms with van der Waals surface area (Å²) in [5.74, 6) is -1.05. The molecule has 5 heteroatoms. The predicted molar refractivity (Wildman–Crippen MR) is 78.6 cm³/mol. The van der Waals surface area contributed by atoms with Crippen molar-refractivity contribution in [1.29, 1.82) is 0 Å². The largest absolute Gasteiger partial charge is 0.286 e. The smallest absolute Gasteiger partial charge is 0.269 e. The van der Waals surface area contributed by atoms with Crippen LogP contribution in [0.1, 0.15) is 26.3 Å². The number of benzene rings is 1. The molecule has 0 saturated carbocycles. The van der Waals surface area contributed by atoms with Gasteiger partial charge in [0.2, 0.25) is 11.6 Å². The highest BCUT2D eigenvalue weighted by Crippen LogP contribution is 2.33. The number of rotatable bonds is 2. The maximum Gasteiger partial charge on any atom is 0.269 e. The van der Waals surface area contributed by atoms with E-state index in [1.165, 1.54) is 18.2 Å². The molecule has 1 aliphatic carbocycles. The van der Waals surface area contributed by atoms with Gasteiger partial charge in [-0.1, -0.05) is 20.8 Å². The lowest BCUT2D eigenvalue weighted by atomic mass is 9.78. The number of allylic oxidation sites excluding steroid dienone is 4. The number of nitro groups is 1. The topological polar surface area (TPSA) is 77.3 Å². The number of hydrogen-bond acceptors (Lipinski definition) is 4. The van der Waals surface area contributed by atoms with Gasteiger partial charge in [-0.05, 0) is 40.8 Å². The zero-order valence-corrected chi connectivity index (χ0v) is 12.0. The Labute approximate surface area is 122 Å². The number of nitrogens with zero attached hydrogens (tertiary/aromatic N) is 1. The van der Waals surface area contributed by atoms with Crippen LogP contribution in [0.3, 0.4) is 0 Å². The summed E-state index contributed by atoms with van der Waals surface area (Å²) < 4.78 is 0. The monoisotopic (exact) mass is 285 g/mol. The highest BCUT2D eigenvalue weighted by molar-refractivity contribution is 6.50. The first-order chi connectivity index (χ1) is 9.70. The van der Waals surface area contributed by atoms with Crippen LogP contribution in [0.25, 0.3) is 5.57 Å². The number of carbonyl (C=O) groups excluding carboxylic acids is 2. The van der Waals surface area contributed by atoms with Gasteiger partial charge in [-0.2, -0.15) is 0 Å². The van der Waals surface area contributed by atoms with Crippen LogP contribution >= 0.6 is 0 Å². The lowest BCUT2D eigenvalue weighted by Gasteiger charge is -2.24. The maximum atomic E-state index is 11.9. The van der Waals surface area contributed by atoms with Gasteiger partial charge in [0.05, 0.1) is 4.92 Å². The van der Waals surface area contributed by atoms with Gasteiger partial charge in [0, 0.05) is 17.7 Å². The van der Waals surface area contributed by atoms with Crippen molar-refractivity contribution in [3.05, 3.63) is 57.7 Å². The number of hydrogen-bond donors (Lipinski definition) is 0. The van der Waals surface area contributed by atoms with Crippen LogP contribution in [0.2, 0.25) is 0 Å². The Balaban J connectivity index is 2.46. The molecule has 0 aromatic heterocycles. The second-order valence-electron chi connectivity index (χ2n) is 5.91. The Hall–Kier alpha value is -2.56. The van der Waals surface area contributed by atoms with Gasteiger partial charge in [0.25, 0.3) is 5.69 Å². The predicted octanol–water partition coefficient (Wildman–Crippen LogP) is 3.10. The first-order valence-corrected chi connectivity index (χ1v) is 6.47. The van der Waals surface area contributed by atoms with Crippen molar-refractivity contribution in [2.45, 2.75) is 20.8 Å². The Bertz CT molecular complexity index is 688. The third kappa shape index (κ3) is 2.97. The molecular formula is C16H15NO4. The molecule has 0 heterocycles. The summed E-state index contributed by atoms with van der Waals surface area (Å²) in [6.07, 6.45) is 2.96. The summed E-state index contributed by atoms with van der Waals surface area (Å²) in [4.78, 5) is 33.9. The molecule has 0 saturated heterocycles. The summed E-state index contributed by atoms with van der Waals surface area (Å²) in [5, 5.41) is 10.6. The van der Waals surface area contributed by atoms with Gasteiger partial charge in [-0.3, -0.25) is 19.7 Å². The third-order valence-electron chi connectivity index (χ3n) is 3.27. The summed E-state index contributed by atoms with van der Waals surface area (Å²) in [7, 11) is 0. The van der Waals surface area contributed by atoms with E-state index in [0.717, 1.165) is 0 Å².